The Morgan fingerprint density at radius 1 is 1.06 bits per heavy atom. The zero-order chi connectivity index (χ0) is 12.7. The lowest BCUT2D eigenvalue weighted by atomic mass is 10.3. The summed E-state index contributed by atoms with van der Waals surface area (Å²) in [6, 6.07) is 11.2. The smallest absolute Gasteiger partial charge is 0.212 e. The van der Waals surface area contributed by atoms with Crippen molar-refractivity contribution in [1.29, 1.82) is 0 Å². The van der Waals surface area contributed by atoms with Crippen LogP contribution >= 0.6 is 15.9 Å². The van der Waals surface area contributed by atoms with Gasteiger partial charge in [0.2, 0.25) is 5.88 Å². The van der Waals surface area contributed by atoms with Crippen LogP contribution in [0.1, 0.15) is 5.82 Å². The van der Waals surface area contributed by atoms with Crippen molar-refractivity contribution in [1.82, 2.24) is 14.5 Å². The number of imidazole rings is 1. The summed E-state index contributed by atoms with van der Waals surface area (Å²) in [6.45, 7) is 1.92. The molecular formula is C13H10BrN3O. The van der Waals surface area contributed by atoms with Crippen LogP contribution in [0, 0.1) is 6.92 Å². The van der Waals surface area contributed by atoms with Crippen molar-refractivity contribution in [3.05, 3.63) is 46.7 Å². The number of aryl methyl sites for hydroxylation is 1. The minimum absolute atomic E-state index is 0.000705. The number of pyridine rings is 1. The standard InChI is InChI=1S/C13H10BrN3O/c1-8-15-11-6-7-12(18)16-13(11)17(8)10-4-2-9(14)3-5-10/h2-7H,1H3,(H,16,18). The van der Waals surface area contributed by atoms with Gasteiger partial charge in [-0.1, -0.05) is 15.9 Å². The SMILES string of the molecule is Cc1nc2ccc(O)nc2n1-c1ccc(Br)cc1. The summed E-state index contributed by atoms with van der Waals surface area (Å²) in [5.74, 6) is 0.839. The maximum Gasteiger partial charge on any atom is 0.212 e. The lowest BCUT2D eigenvalue weighted by Crippen LogP contribution is -1.97. The topological polar surface area (TPSA) is 50.9 Å². The van der Waals surface area contributed by atoms with Gasteiger partial charge in [0, 0.05) is 16.2 Å². The van der Waals surface area contributed by atoms with Crippen LogP contribution in [-0.4, -0.2) is 19.6 Å². The van der Waals surface area contributed by atoms with Gasteiger partial charge in [0.05, 0.1) is 0 Å². The van der Waals surface area contributed by atoms with Crippen molar-refractivity contribution in [2.75, 3.05) is 0 Å². The normalized spacial score (nSPS) is 11.0. The summed E-state index contributed by atoms with van der Waals surface area (Å²) in [5.41, 5.74) is 2.40. The molecule has 0 atom stereocenters. The van der Waals surface area contributed by atoms with Crippen LogP contribution in [0.4, 0.5) is 0 Å². The fourth-order valence-corrected chi connectivity index (χ4v) is 2.22. The van der Waals surface area contributed by atoms with Gasteiger partial charge in [0.15, 0.2) is 5.65 Å². The molecule has 0 aliphatic carbocycles. The summed E-state index contributed by atoms with van der Waals surface area (Å²) < 4.78 is 2.94. The third-order valence-electron chi connectivity index (χ3n) is 2.74. The lowest BCUT2D eigenvalue weighted by molar-refractivity contribution is 0.455. The summed E-state index contributed by atoms with van der Waals surface area (Å²) in [6.07, 6.45) is 0. The van der Waals surface area contributed by atoms with Crippen molar-refractivity contribution in [2.24, 2.45) is 0 Å². The number of nitrogens with zero attached hydrogens (tertiary/aromatic N) is 3. The van der Waals surface area contributed by atoms with Gasteiger partial charge in [0.25, 0.3) is 0 Å². The Labute approximate surface area is 112 Å². The first-order chi connectivity index (χ1) is 8.65. The van der Waals surface area contributed by atoms with Crippen molar-refractivity contribution in [2.45, 2.75) is 6.92 Å². The van der Waals surface area contributed by atoms with Gasteiger partial charge >= 0.3 is 0 Å². The molecule has 3 aromatic rings. The van der Waals surface area contributed by atoms with E-state index in [4.69, 9.17) is 0 Å². The molecule has 90 valence electrons. The van der Waals surface area contributed by atoms with Crippen LogP contribution in [0.3, 0.4) is 0 Å². The second kappa shape index (κ2) is 4.10. The van der Waals surface area contributed by atoms with E-state index in [1.165, 1.54) is 0 Å². The van der Waals surface area contributed by atoms with E-state index in [9.17, 15) is 5.11 Å². The number of hydrogen-bond donors (Lipinski definition) is 1. The first-order valence-corrected chi connectivity index (χ1v) is 6.25. The number of aromatic hydroxyl groups is 1. The summed E-state index contributed by atoms with van der Waals surface area (Å²) in [5, 5.41) is 9.50. The predicted octanol–water partition coefficient (Wildman–Crippen LogP) is 3.20. The van der Waals surface area contributed by atoms with Crippen LogP contribution in [-0.2, 0) is 0 Å². The number of halogens is 1. The summed E-state index contributed by atoms with van der Waals surface area (Å²) in [7, 11) is 0. The molecule has 18 heavy (non-hydrogen) atoms. The maximum atomic E-state index is 9.50. The fraction of sp³-hybridized carbons (Fsp3) is 0.0769. The molecule has 0 saturated heterocycles. The average Bonchev–Trinajstić information content (AvgIpc) is 2.66. The molecule has 2 heterocycles. The Balaban J connectivity index is 2.30. The van der Waals surface area contributed by atoms with Crippen molar-refractivity contribution in [3.8, 4) is 11.6 Å². The van der Waals surface area contributed by atoms with Gasteiger partial charge in [0.1, 0.15) is 11.3 Å². The van der Waals surface area contributed by atoms with Crippen LogP contribution in [0.2, 0.25) is 0 Å². The van der Waals surface area contributed by atoms with Crippen LogP contribution < -0.4 is 0 Å². The Morgan fingerprint density at radius 2 is 1.78 bits per heavy atom. The highest BCUT2D eigenvalue weighted by Gasteiger charge is 2.10. The molecule has 0 amide bonds. The van der Waals surface area contributed by atoms with E-state index in [0.717, 1.165) is 21.5 Å². The molecule has 1 aromatic carbocycles. The Kier molecular flexibility index (Phi) is 2.56. The second-order valence-corrected chi connectivity index (χ2v) is 4.90. The van der Waals surface area contributed by atoms with Crippen molar-refractivity contribution in [3.63, 3.8) is 0 Å². The molecule has 0 aliphatic heterocycles. The van der Waals surface area contributed by atoms with Crippen LogP contribution in [0.5, 0.6) is 5.88 Å². The highest BCUT2D eigenvalue weighted by Crippen LogP contribution is 2.22. The monoisotopic (exact) mass is 303 g/mol. The first kappa shape index (κ1) is 11.2. The second-order valence-electron chi connectivity index (χ2n) is 3.98. The molecule has 0 unspecified atom stereocenters. The van der Waals surface area contributed by atoms with E-state index in [-0.39, 0.29) is 5.88 Å². The van der Waals surface area contributed by atoms with E-state index < -0.39 is 0 Å². The first-order valence-electron chi connectivity index (χ1n) is 5.46. The minimum Gasteiger partial charge on any atom is -0.493 e. The Bertz CT molecular complexity index is 719. The van der Waals surface area contributed by atoms with Crippen LogP contribution in [0.25, 0.3) is 16.9 Å². The molecule has 0 aliphatic rings. The van der Waals surface area contributed by atoms with E-state index in [1.807, 2.05) is 35.8 Å². The molecule has 0 saturated carbocycles. The minimum atomic E-state index is 0.000705. The maximum absolute atomic E-state index is 9.50. The average molecular weight is 304 g/mol. The molecule has 4 nitrogen and oxygen atoms in total. The number of rotatable bonds is 1. The number of benzene rings is 1. The molecule has 2 aromatic heterocycles. The highest BCUT2D eigenvalue weighted by atomic mass is 79.9. The zero-order valence-corrected chi connectivity index (χ0v) is 11.2. The van der Waals surface area contributed by atoms with E-state index in [1.54, 1.807) is 12.1 Å². The number of fused-ring (bicyclic) bond motifs is 1. The van der Waals surface area contributed by atoms with Gasteiger partial charge < -0.3 is 5.11 Å². The van der Waals surface area contributed by atoms with E-state index in [2.05, 4.69) is 25.9 Å². The number of hydrogen-bond acceptors (Lipinski definition) is 3. The molecule has 0 fully saturated rings. The zero-order valence-electron chi connectivity index (χ0n) is 9.63. The van der Waals surface area contributed by atoms with E-state index >= 15 is 0 Å². The molecule has 0 bridgehead atoms. The van der Waals surface area contributed by atoms with Gasteiger partial charge in [-0.15, -0.1) is 0 Å². The summed E-state index contributed by atoms with van der Waals surface area (Å²) >= 11 is 3.41. The fourth-order valence-electron chi connectivity index (χ4n) is 1.96. The molecule has 5 heteroatoms. The van der Waals surface area contributed by atoms with Gasteiger partial charge in [-0.3, -0.25) is 4.57 Å². The van der Waals surface area contributed by atoms with Gasteiger partial charge in [-0.2, -0.15) is 4.98 Å². The Hall–Kier alpha value is -1.88. The Morgan fingerprint density at radius 3 is 2.50 bits per heavy atom. The molecule has 0 radical (unpaired) electrons. The molecule has 0 spiro atoms. The molecule has 1 N–H and O–H groups in total. The largest absolute Gasteiger partial charge is 0.493 e. The van der Waals surface area contributed by atoms with Crippen LogP contribution in [0.15, 0.2) is 40.9 Å². The third kappa shape index (κ3) is 1.76. The quantitative estimate of drug-likeness (QED) is 0.751. The summed E-state index contributed by atoms with van der Waals surface area (Å²) in [4.78, 5) is 8.57. The molecular weight excluding hydrogens is 294 g/mol. The van der Waals surface area contributed by atoms with Crippen molar-refractivity contribution < 1.29 is 5.11 Å². The molecule has 3 rings (SSSR count). The van der Waals surface area contributed by atoms with Crippen molar-refractivity contribution >= 4 is 27.1 Å². The van der Waals surface area contributed by atoms with E-state index in [0.29, 0.717) is 5.65 Å². The number of aromatic nitrogens is 3. The predicted molar refractivity (Wildman–Crippen MR) is 73.0 cm³/mol. The lowest BCUT2D eigenvalue weighted by Gasteiger charge is -2.06. The van der Waals surface area contributed by atoms with Gasteiger partial charge in [-0.05, 0) is 37.3 Å². The van der Waals surface area contributed by atoms with Gasteiger partial charge in [-0.25, -0.2) is 4.98 Å². The third-order valence-corrected chi connectivity index (χ3v) is 3.27. The highest BCUT2D eigenvalue weighted by molar-refractivity contribution is 9.10.